The standard InChI is InChI=1S/C11H20N2O8.Pt/c12-19-10(14)9(11(15)20-13)2-1-8-7-17-4-3-16-5-6-18-21-8;/h8-9H,1-7,12-13H2;. The van der Waals surface area contributed by atoms with E-state index in [0.717, 1.165) is 0 Å². The Morgan fingerprint density at radius 2 is 1.64 bits per heavy atom. The van der Waals surface area contributed by atoms with E-state index in [-0.39, 0.29) is 47.1 Å². The fourth-order valence-electron chi connectivity index (χ4n) is 1.68. The van der Waals surface area contributed by atoms with Crippen LogP contribution < -0.4 is 11.8 Å². The van der Waals surface area contributed by atoms with E-state index < -0.39 is 24.0 Å². The molecule has 4 N–H and O–H groups in total. The topological polar surface area (TPSA) is 142 Å². The minimum atomic E-state index is -1.22. The Balaban J connectivity index is 0.00000441. The summed E-state index contributed by atoms with van der Waals surface area (Å²) in [6.07, 6.45) is -0.0999. The third kappa shape index (κ3) is 8.13. The molecule has 0 spiro atoms. The number of carbonyl (C=O) groups is 2. The van der Waals surface area contributed by atoms with Gasteiger partial charge in [0.2, 0.25) is 0 Å². The van der Waals surface area contributed by atoms with Gasteiger partial charge >= 0.3 is 11.9 Å². The summed E-state index contributed by atoms with van der Waals surface area (Å²) in [5.74, 6) is 6.45. The van der Waals surface area contributed by atoms with Crippen LogP contribution in [0.1, 0.15) is 12.8 Å². The molecule has 1 atom stereocenters. The minimum absolute atomic E-state index is 0. The molecular formula is C11H20N2O8Pt. The Hall–Kier alpha value is -0.612. The zero-order valence-electron chi connectivity index (χ0n) is 11.8. The fraction of sp³-hybridized carbons (Fsp3) is 0.818. The van der Waals surface area contributed by atoms with Crippen LogP contribution in [0.2, 0.25) is 0 Å². The molecule has 1 aliphatic rings. The van der Waals surface area contributed by atoms with E-state index in [1.165, 1.54) is 0 Å². The number of nitrogens with two attached hydrogens (primary N) is 2. The van der Waals surface area contributed by atoms with Crippen molar-refractivity contribution in [2.45, 2.75) is 18.9 Å². The molecule has 1 fully saturated rings. The van der Waals surface area contributed by atoms with Crippen molar-refractivity contribution in [2.24, 2.45) is 17.7 Å². The normalized spacial score (nSPS) is 19.9. The molecule has 0 bridgehead atoms. The van der Waals surface area contributed by atoms with Gasteiger partial charge < -0.3 is 19.1 Å². The van der Waals surface area contributed by atoms with E-state index in [2.05, 4.69) is 9.68 Å². The first-order valence-electron chi connectivity index (χ1n) is 6.44. The summed E-state index contributed by atoms with van der Waals surface area (Å²) < 4.78 is 10.5. The molecule has 11 heteroatoms. The summed E-state index contributed by atoms with van der Waals surface area (Å²) >= 11 is 0. The van der Waals surface area contributed by atoms with Crippen LogP contribution >= 0.6 is 0 Å². The van der Waals surface area contributed by atoms with Crippen molar-refractivity contribution >= 4 is 11.9 Å². The van der Waals surface area contributed by atoms with Gasteiger partial charge in [-0.2, -0.15) is 11.8 Å². The third-order valence-electron chi connectivity index (χ3n) is 2.77. The van der Waals surface area contributed by atoms with Gasteiger partial charge in [0.05, 0.1) is 26.4 Å². The van der Waals surface area contributed by atoms with Crippen LogP contribution in [0.4, 0.5) is 0 Å². The van der Waals surface area contributed by atoms with Gasteiger partial charge in [-0.25, -0.2) is 19.4 Å². The third-order valence-corrected chi connectivity index (χ3v) is 2.77. The van der Waals surface area contributed by atoms with Crippen LogP contribution in [0.15, 0.2) is 0 Å². The van der Waals surface area contributed by atoms with Crippen LogP contribution in [-0.2, 0) is 59.6 Å². The van der Waals surface area contributed by atoms with Crippen molar-refractivity contribution < 1.29 is 59.6 Å². The maximum absolute atomic E-state index is 11.4. The zero-order valence-corrected chi connectivity index (χ0v) is 14.1. The quantitative estimate of drug-likeness (QED) is 0.261. The number of hydrogen-bond donors (Lipinski definition) is 2. The Morgan fingerprint density at radius 1 is 1.05 bits per heavy atom. The summed E-state index contributed by atoms with van der Waals surface area (Å²) in [6.45, 7) is 1.76. The molecule has 132 valence electrons. The van der Waals surface area contributed by atoms with Gasteiger partial charge in [-0.05, 0) is 12.8 Å². The van der Waals surface area contributed by atoms with Crippen molar-refractivity contribution in [3.05, 3.63) is 0 Å². The Morgan fingerprint density at radius 3 is 2.27 bits per heavy atom. The SMILES string of the molecule is NOC(=O)C(CCC1COCCOCCOO1)C(=O)ON.[Pt]. The second-order valence-corrected chi connectivity index (χ2v) is 4.23. The maximum atomic E-state index is 11.4. The second-order valence-electron chi connectivity index (χ2n) is 4.23. The van der Waals surface area contributed by atoms with Crippen molar-refractivity contribution in [1.82, 2.24) is 0 Å². The van der Waals surface area contributed by atoms with Crippen LogP contribution in [0.25, 0.3) is 0 Å². The van der Waals surface area contributed by atoms with Crippen LogP contribution in [0.5, 0.6) is 0 Å². The Kier molecular flexibility index (Phi) is 12.5. The molecule has 1 saturated heterocycles. The van der Waals surface area contributed by atoms with Crippen molar-refractivity contribution in [1.29, 1.82) is 0 Å². The molecular weight excluding hydrogens is 483 g/mol. The van der Waals surface area contributed by atoms with Crippen molar-refractivity contribution in [3.8, 4) is 0 Å². The first kappa shape index (κ1) is 21.4. The predicted molar refractivity (Wildman–Crippen MR) is 65.7 cm³/mol. The number of rotatable bonds is 5. The van der Waals surface area contributed by atoms with Crippen LogP contribution in [0, 0.1) is 5.92 Å². The molecule has 1 aliphatic heterocycles. The van der Waals surface area contributed by atoms with E-state index in [0.29, 0.717) is 19.8 Å². The van der Waals surface area contributed by atoms with Gasteiger partial charge in [0.15, 0.2) is 5.92 Å². The van der Waals surface area contributed by atoms with Gasteiger partial charge in [-0.15, -0.1) is 0 Å². The zero-order chi connectivity index (χ0) is 15.5. The largest absolute Gasteiger partial charge is 0.377 e. The molecule has 0 amide bonds. The average molecular weight is 503 g/mol. The number of hydrogen-bond acceptors (Lipinski definition) is 10. The summed E-state index contributed by atoms with van der Waals surface area (Å²) in [5.41, 5.74) is 0. The van der Waals surface area contributed by atoms with E-state index in [4.69, 9.17) is 31.0 Å². The summed E-state index contributed by atoms with van der Waals surface area (Å²) in [6, 6.07) is 0. The first-order valence-corrected chi connectivity index (χ1v) is 6.44. The maximum Gasteiger partial charge on any atom is 0.338 e. The minimum Gasteiger partial charge on any atom is -0.377 e. The van der Waals surface area contributed by atoms with Crippen molar-refractivity contribution in [2.75, 3.05) is 33.0 Å². The average Bonchev–Trinajstić information content (AvgIpc) is 2.52. The summed E-state index contributed by atoms with van der Waals surface area (Å²) in [7, 11) is 0. The molecule has 0 aromatic heterocycles. The molecule has 0 saturated carbocycles. The molecule has 1 rings (SSSR count). The Labute approximate surface area is 141 Å². The molecule has 0 aromatic carbocycles. The fourth-order valence-corrected chi connectivity index (χ4v) is 1.68. The van der Waals surface area contributed by atoms with E-state index in [9.17, 15) is 9.59 Å². The molecule has 0 radical (unpaired) electrons. The number of carbonyl (C=O) groups excluding carboxylic acids is 2. The monoisotopic (exact) mass is 503 g/mol. The van der Waals surface area contributed by atoms with E-state index in [1.54, 1.807) is 0 Å². The molecule has 0 aliphatic carbocycles. The molecule has 22 heavy (non-hydrogen) atoms. The van der Waals surface area contributed by atoms with E-state index >= 15 is 0 Å². The second kappa shape index (κ2) is 12.9. The van der Waals surface area contributed by atoms with E-state index in [1.807, 2.05) is 0 Å². The first-order chi connectivity index (χ1) is 10.2. The molecule has 1 heterocycles. The molecule has 1 unspecified atom stereocenters. The summed E-state index contributed by atoms with van der Waals surface area (Å²) in [5, 5.41) is 0. The van der Waals surface area contributed by atoms with Crippen molar-refractivity contribution in [3.63, 3.8) is 0 Å². The van der Waals surface area contributed by atoms with Crippen LogP contribution in [-0.4, -0.2) is 51.1 Å². The van der Waals surface area contributed by atoms with Gasteiger partial charge in [-0.1, -0.05) is 0 Å². The Bertz CT molecular complexity index is 307. The van der Waals surface area contributed by atoms with Gasteiger partial charge in [0, 0.05) is 21.1 Å². The van der Waals surface area contributed by atoms with Gasteiger partial charge in [0.25, 0.3) is 0 Å². The number of ether oxygens (including phenoxy) is 2. The van der Waals surface area contributed by atoms with Gasteiger partial charge in [0.1, 0.15) is 12.7 Å². The van der Waals surface area contributed by atoms with Crippen LogP contribution in [0.3, 0.4) is 0 Å². The molecule has 10 nitrogen and oxygen atoms in total. The smallest absolute Gasteiger partial charge is 0.338 e. The summed E-state index contributed by atoms with van der Waals surface area (Å²) in [4.78, 5) is 40.9. The molecule has 0 aromatic rings. The van der Waals surface area contributed by atoms with Gasteiger partial charge in [-0.3, -0.25) is 0 Å². The predicted octanol–water partition coefficient (Wildman–Crippen LogP) is -1.42.